The van der Waals surface area contributed by atoms with Gasteiger partial charge in [0.2, 0.25) is 5.91 Å². The molecule has 8 heteroatoms. The highest BCUT2D eigenvalue weighted by Crippen LogP contribution is 2.35. The Morgan fingerprint density at radius 2 is 1.94 bits per heavy atom. The van der Waals surface area contributed by atoms with E-state index in [1.165, 1.54) is 4.90 Å². The van der Waals surface area contributed by atoms with E-state index in [1.807, 2.05) is 33.0 Å². The molecule has 3 amide bonds. The zero-order chi connectivity index (χ0) is 23.0. The summed E-state index contributed by atoms with van der Waals surface area (Å²) in [6, 6.07) is 5.44. The van der Waals surface area contributed by atoms with Gasteiger partial charge in [-0.2, -0.15) is 5.10 Å². The van der Waals surface area contributed by atoms with Crippen LogP contribution in [-0.4, -0.2) is 52.0 Å². The SMILES string of the molecule is C=CCNC(=O)C1CCN(c2cccc3c2C(=O)N(Cc2c(C)nn(C)c2C)C3=O)CC1. The lowest BCUT2D eigenvalue weighted by Crippen LogP contribution is -2.41. The van der Waals surface area contributed by atoms with Crippen LogP contribution in [0.3, 0.4) is 0 Å². The number of fused-ring (bicyclic) bond motifs is 1. The van der Waals surface area contributed by atoms with E-state index in [1.54, 1.807) is 16.8 Å². The predicted molar refractivity (Wildman–Crippen MR) is 121 cm³/mol. The van der Waals surface area contributed by atoms with Crippen LogP contribution in [0.25, 0.3) is 0 Å². The maximum Gasteiger partial charge on any atom is 0.263 e. The number of carbonyl (C=O) groups is 3. The fourth-order valence-electron chi connectivity index (χ4n) is 4.63. The van der Waals surface area contributed by atoms with Gasteiger partial charge in [-0.05, 0) is 38.8 Å². The number of imide groups is 1. The quantitative estimate of drug-likeness (QED) is 0.556. The topological polar surface area (TPSA) is 87.5 Å². The van der Waals surface area contributed by atoms with Crippen molar-refractivity contribution in [3.05, 3.63) is 58.9 Å². The third-order valence-electron chi connectivity index (χ3n) is 6.58. The van der Waals surface area contributed by atoms with Gasteiger partial charge in [0.25, 0.3) is 11.8 Å². The second-order valence-corrected chi connectivity index (χ2v) is 8.46. The molecule has 0 bridgehead atoms. The third-order valence-corrected chi connectivity index (χ3v) is 6.58. The molecule has 4 rings (SSSR count). The minimum Gasteiger partial charge on any atom is -0.371 e. The van der Waals surface area contributed by atoms with Gasteiger partial charge in [0.15, 0.2) is 0 Å². The minimum absolute atomic E-state index is 0.0440. The first-order valence-corrected chi connectivity index (χ1v) is 10.9. The van der Waals surface area contributed by atoms with Crippen LogP contribution in [0.15, 0.2) is 30.9 Å². The third kappa shape index (κ3) is 3.70. The van der Waals surface area contributed by atoms with Crippen molar-refractivity contribution < 1.29 is 14.4 Å². The van der Waals surface area contributed by atoms with E-state index < -0.39 is 0 Å². The molecule has 3 heterocycles. The molecular formula is C24H29N5O3. The van der Waals surface area contributed by atoms with Crippen LogP contribution in [0.1, 0.15) is 50.5 Å². The summed E-state index contributed by atoms with van der Waals surface area (Å²) in [7, 11) is 1.85. The largest absolute Gasteiger partial charge is 0.371 e. The molecule has 0 saturated carbocycles. The van der Waals surface area contributed by atoms with E-state index >= 15 is 0 Å². The minimum atomic E-state index is -0.270. The summed E-state index contributed by atoms with van der Waals surface area (Å²) in [4.78, 5) is 42.2. The Bertz CT molecular complexity index is 1100. The standard InChI is InChI=1S/C24H29N5O3/c1-5-11-25-22(30)17-9-12-28(13-10-17)20-8-6-7-18-21(20)24(32)29(23(18)31)14-19-15(2)26-27(4)16(19)3/h5-8,17H,1,9-14H2,2-4H3,(H,25,30). The summed E-state index contributed by atoms with van der Waals surface area (Å²) in [6.45, 7) is 9.45. The molecule has 8 nitrogen and oxygen atoms in total. The molecule has 0 aliphatic carbocycles. The van der Waals surface area contributed by atoms with E-state index in [4.69, 9.17) is 0 Å². The van der Waals surface area contributed by atoms with Crippen LogP contribution in [0.5, 0.6) is 0 Å². The van der Waals surface area contributed by atoms with E-state index in [2.05, 4.69) is 21.9 Å². The molecule has 2 aromatic rings. The van der Waals surface area contributed by atoms with Crippen LogP contribution >= 0.6 is 0 Å². The van der Waals surface area contributed by atoms with E-state index in [9.17, 15) is 14.4 Å². The monoisotopic (exact) mass is 435 g/mol. The van der Waals surface area contributed by atoms with Crippen molar-refractivity contribution in [2.75, 3.05) is 24.5 Å². The normalized spacial score (nSPS) is 16.5. The van der Waals surface area contributed by atoms with Gasteiger partial charge in [-0.1, -0.05) is 12.1 Å². The van der Waals surface area contributed by atoms with E-state index in [0.717, 1.165) is 22.6 Å². The molecule has 2 aliphatic rings. The van der Waals surface area contributed by atoms with Gasteiger partial charge < -0.3 is 10.2 Å². The second-order valence-electron chi connectivity index (χ2n) is 8.46. The summed E-state index contributed by atoms with van der Waals surface area (Å²) in [5, 5.41) is 7.27. The maximum atomic E-state index is 13.4. The Kier molecular flexibility index (Phi) is 5.86. The molecule has 0 spiro atoms. The van der Waals surface area contributed by atoms with Crippen molar-refractivity contribution in [1.82, 2.24) is 20.0 Å². The Morgan fingerprint density at radius 1 is 1.22 bits per heavy atom. The summed E-state index contributed by atoms with van der Waals surface area (Å²) >= 11 is 0. The first-order valence-electron chi connectivity index (χ1n) is 10.9. The number of carbonyl (C=O) groups excluding carboxylic acids is 3. The molecule has 0 atom stereocenters. The Hall–Kier alpha value is -3.42. The van der Waals surface area contributed by atoms with Crippen molar-refractivity contribution in [2.45, 2.75) is 33.2 Å². The van der Waals surface area contributed by atoms with Gasteiger partial charge in [0.1, 0.15) is 0 Å². The first kappa shape index (κ1) is 21.8. The van der Waals surface area contributed by atoms with Gasteiger partial charge in [0.05, 0.1) is 29.1 Å². The van der Waals surface area contributed by atoms with Crippen LogP contribution < -0.4 is 10.2 Å². The average Bonchev–Trinajstić information content (AvgIpc) is 3.19. The van der Waals surface area contributed by atoms with Gasteiger partial charge in [0, 0.05) is 43.9 Å². The maximum absolute atomic E-state index is 13.4. The lowest BCUT2D eigenvalue weighted by atomic mass is 9.94. The molecule has 1 aromatic heterocycles. The van der Waals surface area contributed by atoms with Gasteiger partial charge >= 0.3 is 0 Å². The van der Waals surface area contributed by atoms with E-state index in [-0.39, 0.29) is 30.2 Å². The molecule has 168 valence electrons. The van der Waals surface area contributed by atoms with Crippen molar-refractivity contribution in [3.63, 3.8) is 0 Å². The van der Waals surface area contributed by atoms with Crippen LogP contribution in [0.4, 0.5) is 5.69 Å². The summed E-state index contributed by atoms with van der Waals surface area (Å²) in [5.74, 6) is -0.543. The van der Waals surface area contributed by atoms with Crippen molar-refractivity contribution in [1.29, 1.82) is 0 Å². The van der Waals surface area contributed by atoms with Gasteiger partial charge in [-0.3, -0.25) is 24.0 Å². The number of benzene rings is 1. The number of aromatic nitrogens is 2. The van der Waals surface area contributed by atoms with Crippen LogP contribution in [0, 0.1) is 19.8 Å². The lowest BCUT2D eigenvalue weighted by Gasteiger charge is -2.33. The number of anilines is 1. The number of amides is 3. The number of nitrogens with zero attached hydrogens (tertiary/aromatic N) is 4. The summed E-state index contributed by atoms with van der Waals surface area (Å²) in [5.41, 5.74) is 4.33. The van der Waals surface area contributed by atoms with Crippen molar-refractivity contribution >= 4 is 23.4 Å². The number of hydrogen-bond acceptors (Lipinski definition) is 5. The number of rotatable bonds is 6. The molecule has 0 radical (unpaired) electrons. The van der Waals surface area contributed by atoms with Gasteiger partial charge in [-0.15, -0.1) is 6.58 Å². The van der Waals surface area contributed by atoms with Gasteiger partial charge in [-0.25, -0.2) is 0 Å². The lowest BCUT2D eigenvalue weighted by molar-refractivity contribution is -0.125. The molecule has 1 aromatic carbocycles. The number of hydrogen-bond donors (Lipinski definition) is 1. The fraction of sp³-hybridized carbons (Fsp3) is 0.417. The van der Waals surface area contributed by atoms with Crippen molar-refractivity contribution in [3.8, 4) is 0 Å². The number of nitrogens with one attached hydrogen (secondary N) is 1. The Morgan fingerprint density at radius 3 is 2.56 bits per heavy atom. The highest BCUT2D eigenvalue weighted by atomic mass is 16.2. The molecule has 0 unspecified atom stereocenters. The number of aryl methyl sites for hydroxylation is 2. The first-order chi connectivity index (χ1) is 15.3. The number of piperidine rings is 1. The fourth-order valence-corrected chi connectivity index (χ4v) is 4.63. The molecule has 1 saturated heterocycles. The summed E-state index contributed by atoms with van der Waals surface area (Å²) < 4.78 is 1.77. The molecule has 1 fully saturated rings. The highest BCUT2D eigenvalue weighted by Gasteiger charge is 2.39. The Balaban J connectivity index is 1.54. The molecule has 1 N–H and O–H groups in total. The average molecular weight is 436 g/mol. The summed E-state index contributed by atoms with van der Waals surface area (Å²) in [6.07, 6.45) is 3.07. The highest BCUT2D eigenvalue weighted by molar-refractivity contribution is 6.23. The second kappa shape index (κ2) is 8.61. The molecule has 2 aliphatic heterocycles. The molecular weight excluding hydrogens is 406 g/mol. The molecule has 32 heavy (non-hydrogen) atoms. The van der Waals surface area contributed by atoms with Crippen molar-refractivity contribution in [2.24, 2.45) is 13.0 Å². The zero-order valence-corrected chi connectivity index (χ0v) is 18.9. The zero-order valence-electron chi connectivity index (χ0n) is 18.9. The van der Waals surface area contributed by atoms with Crippen LogP contribution in [0.2, 0.25) is 0 Å². The Labute approximate surface area is 187 Å². The van der Waals surface area contributed by atoms with E-state index in [0.29, 0.717) is 43.6 Å². The predicted octanol–water partition coefficient (Wildman–Crippen LogP) is 2.35. The smallest absolute Gasteiger partial charge is 0.263 e. The van der Waals surface area contributed by atoms with Crippen LogP contribution in [-0.2, 0) is 18.4 Å².